The van der Waals surface area contributed by atoms with E-state index in [-0.39, 0.29) is 11.8 Å². The third kappa shape index (κ3) is 4.57. The summed E-state index contributed by atoms with van der Waals surface area (Å²) in [7, 11) is 0. The molecule has 0 unspecified atom stereocenters. The van der Waals surface area contributed by atoms with Crippen LogP contribution in [0.2, 0.25) is 0 Å². The van der Waals surface area contributed by atoms with Crippen LogP contribution in [0.3, 0.4) is 0 Å². The molecule has 2 rings (SSSR count). The molecule has 0 saturated heterocycles. The van der Waals surface area contributed by atoms with Gasteiger partial charge >= 0.3 is 0 Å². The molecule has 2 amide bonds. The van der Waals surface area contributed by atoms with Gasteiger partial charge in [-0.25, -0.2) is 0 Å². The molecular weight excluding hydrogens is 292 g/mol. The first kappa shape index (κ1) is 16.5. The molecule has 0 radical (unpaired) electrons. The van der Waals surface area contributed by atoms with E-state index in [4.69, 9.17) is 4.74 Å². The summed E-state index contributed by atoms with van der Waals surface area (Å²) in [5.41, 5.74) is 6.89. The fourth-order valence-corrected chi connectivity index (χ4v) is 2.02. The molecule has 5 nitrogen and oxygen atoms in total. The van der Waals surface area contributed by atoms with E-state index in [1.54, 1.807) is 36.4 Å². The Morgan fingerprint density at radius 2 is 1.30 bits per heavy atom. The number of rotatable bonds is 5. The van der Waals surface area contributed by atoms with Crippen molar-refractivity contribution >= 4 is 11.8 Å². The first-order chi connectivity index (χ1) is 11.1. The molecular formula is C18H20N2O3. The lowest BCUT2D eigenvalue weighted by atomic mass is 10.1. The molecule has 0 aliphatic heterocycles. The highest BCUT2D eigenvalue weighted by Gasteiger charge is 2.09. The lowest BCUT2D eigenvalue weighted by Gasteiger charge is -2.08. The molecule has 2 aromatic rings. The van der Waals surface area contributed by atoms with Crippen LogP contribution in [0.5, 0.6) is 5.75 Å². The summed E-state index contributed by atoms with van der Waals surface area (Å²) in [6.07, 6.45) is 0.913. The molecule has 0 saturated carbocycles. The van der Waals surface area contributed by atoms with Crippen molar-refractivity contribution in [3.05, 3.63) is 65.2 Å². The summed E-state index contributed by atoms with van der Waals surface area (Å²) in [4.78, 5) is 24.0. The zero-order valence-electron chi connectivity index (χ0n) is 13.3. The number of hydrogen-bond acceptors (Lipinski definition) is 3. The van der Waals surface area contributed by atoms with Crippen LogP contribution in [0.25, 0.3) is 0 Å². The van der Waals surface area contributed by atoms with Crippen molar-refractivity contribution in [1.82, 2.24) is 10.9 Å². The van der Waals surface area contributed by atoms with Gasteiger partial charge < -0.3 is 4.74 Å². The second kappa shape index (κ2) is 7.98. The van der Waals surface area contributed by atoms with Crippen molar-refractivity contribution in [3.63, 3.8) is 0 Å². The number of ether oxygens (including phenoxy) is 1. The maximum atomic E-state index is 12.0. The van der Waals surface area contributed by atoms with E-state index >= 15 is 0 Å². The highest BCUT2D eigenvalue weighted by atomic mass is 16.5. The van der Waals surface area contributed by atoms with Gasteiger partial charge in [-0.1, -0.05) is 19.1 Å². The first-order valence-electron chi connectivity index (χ1n) is 7.56. The van der Waals surface area contributed by atoms with Gasteiger partial charge in [-0.15, -0.1) is 0 Å². The number of carbonyl (C=O) groups excluding carboxylic acids is 2. The van der Waals surface area contributed by atoms with Crippen LogP contribution in [0, 0.1) is 0 Å². The van der Waals surface area contributed by atoms with Crippen LogP contribution in [-0.4, -0.2) is 18.4 Å². The molecule has 2 aromatic carbocycles. The van der Waals surface area contributed by atoms with E-state index in [1.165, 1.54) is 0 Å². The molecule has 0 aromatic heterocycles. The molecule has 0 fully saturated rings. The van der Waals surface area contributed by atoms with Crippen molar-refractivity contribution in [2.45, 2.75) is 20.3 Å². The van der Waals surface area contributed by atoms with Crippen LogP contribution in [0.15, 0.2) is 48.5 Å². The standard InChI is InChI=1S/C18H20N2O3/c1-3-13-5-7-14(8-6-13)17(21)19-20-18(22)15-9-11-16(12-10-15)23-4-2/h5-12H,3-4H2,1-2H3,(H,19,21)(H,20,22). The van der Waals surface area contributed by atoms with Gasteiger partial charge in [0.25, 0.3) is 11.8 Å². The van der Waals surface area contributed by atoms with E-state index in [0.29, 0.717) is 23.5 Å². The van der Waals surface area contributed by atoms with Gasteiger partial charge in [-0.05, 0) is 55.3 Å². The van der Waals surface area contributed by atoms with E-state index < -0.39 is 0 Å². The second-order valence-corrected chi connectivity index (χ2v) is 4.92. The third-order valence-corrected chi connectivity index (χ3v) is 3.34. The smallest absolute Gasteiger partial charge is 0.269 e. The molecule has 120 valence electrons. The Bertz CT molecular complexity index is 664. The molecule has 23 heavy (non-hydrogen) atoms. The van der Waals surface area contributed by atoms with Crippen LogP contribution in [0.4, 0.5) is 0 Å². The fourth-order valence-electron chi connectivity index (χ4n) is 2.02. The van der Waals surface area contributed by atoms with Crippen molar-refractivity contribution in [2.24, 2.45) is 0 Å². The lowest BCUT2D eigenvalue weighted by Crippen LogP contribution is -2.41. The SMILES string of the molecule is CCOc1ccc(C(=O)NNC(=O)c2ccc(CC)cc2)cc1. The molecule has 0 spiro atoms. The largest absolute Gasteiger partial charge is 0.494 e. The number of hydrazine groups is 1. The number of nitrogens with one attached hydrogen (secondary N) is 2. The Morgan fingerprint density at radius 1 is 0.826 bits per heavy atom. The zero-order chi connectivity index (χ0) is 16.7. The molecule has 5 heteroatoms. The van der Waals surface area contributed by atoms with Crippen LogP contribution in [0.1, 0.15) is 40.1 Å². The Kier molecular flexibility index (Phi) is 5.74. The summed E-state index contributed by atoms with van der Waals surface area (Å²) in [5, 5.41) is 0. The summed E-state index contributed by atoms with van der Waals surface area (Å²) in [6, 6.07) is 14.0. The minimum Gasteiger partial charge on any atom is -0.494 e. The number of hydrogen-bond donors (Lipinski definition) is 2. The maximum Gasteiger partial charge on any atom is 0.269 e. The average molecular weight is 312 g/mol. The molecule has 0 aliphatic rings. The zero-order valence-corrected chi connectivity index (χ0v) is 13.3. The Morgan fingerprint density at radius 3 is 1.74 bits per heavy atom. The van der Waals surface area contributed by atoms with E-state index in [1.807, 2.05) is 26.0 Å². The molecule has 0 bridgehead atoms. The maximum absolute atomic E-state index is 12.0. The molecule has 0 heterocycles. The third-order valence-electron chi connectivity index (χ3n) is 3.34. The van der Waals surface area contributed by atoms with Gasteiger partial charge in [0.15, 0.2) is 0 Å². The van der Waals surface area contributed by atoms with Gasteiger partial charge in [-0.2, -0.15) is 0 Å². The number of amides is 2. The van der Waals surface area contributed by atoms with E-state index in [0.717, 1.165) is 12.0 Å². The van der Waals surface area contributed by atoms with Crippen molar-refractivity contribution in [2.75, 3.05) is 6.61 Å². The van der Waals surface area contributed by atoms with Crippen LogP contribution in [-0.2, 0) is 6.42 Å². The average Bonchev–Trinajstić information content (AvgIpc) is 2.60. The normalized spacial score (nSPS) is 10.0. The fraction of sp³-hybridized carbons (Fsp3) is 0.222. The summed E-state index contributed by atoms with van der Waals surface area (Å²) in [6.45, 7) is 4.51. The van der Waals surface area contributed by atoms with E-state index in [9.17, 15) is 9.59 Å². The van der Waals surface area contributed by atoms with E-state index in [2.05, 4.69) is 10.9 Å². The predicted octanol–water partition coefficient (Wildman–Crippen LogP) is 2.72. The lowest BCUT2D eigenvalue weighted by molar-refractivity contribution is 0.0846. The van der Waals surface area contributed by atoms with Crippen LogP contribution < -0.4 is 15.6 Å². The Labute approximate surface area is 135 Å². The second-order valence-electron chi connectivity index (χ2n) is 4.92. The number of aryl methyl sites for hydroxylation is 1. The molecule has 0 aliphatic carbocycles. The van der Waals surface area contributed by atoms with Crippen molar-refractivity contribution in [1.29, 1.82) is 0 Å². The van der Waals surface area contributed by atoms with Gasteiger partial charge in [0, 0.05) is 11.1 Å². The highest BCUT2D eigenvalue weighted by Crippen LogP contribution is 2.11. The summed E-state index contributed by atoms with van der Waals surface area (Å²) < 4.78 is 5.31. The number of carbonyl (C=O) groups is 2. The quantitative estimate of drug-likeness (QED) is 0.834. The molecule has 2 N–H and O–H groups in total. The monoisotopic (exact) mass is 312 g/mol. The number of benzene rings is 2. The van der Waals surface area contributed by atoms with Gasteiger partial charge in [0.05, 0.1) is 6.61 Å². The van der Waals surface area contributed by atoms with Crippen LogP contribution >= 0.6 is 0 Å². The van der Waals surface area contributed by atoms with Crippen molar-refractivity contribution < 1.29 is 14.3 Å². The Hall–Kier alpha value is -2.82. The topological polar surface area (TPSA) is 67.4 Å². The van der Waals surface area contributed by atoms with Gasteiger partial charge in [0.1, 0.15) is 5.75 Å². The highest BCUT2D eigenvalue weighted by molar-refractivity contribution is 5.99. The van der Waals surface area contributed by atoms with Gasteiger partial charge in [-0.3, -0.25) is 20.4 Å². The first-order valence-corrected chi connectivity index (χ1v) is 7.56. The van der Waals surface area contributed by atoms with Crippen molar-refractivity contribution in [3.8, 4) is 5.75 Å². The predicted molar refractivity (Wildman–Crippen MR) is 88.4 cm³/mol. The summed E-state index contributed by atoms with van der Waals surface area (Å²) >= 11 is 0. The summed E-state index contributed by atoms with van der Waals surface area (Å²) in [5.74, 6) is -0.0392. The van der Waals surface area contributed by atoms with Gasteiger partial charge in [0.2, 0.25) is 0 Å². The minimum atomic E-state index is -0.383. The molecule has 0 atom stereocenters. The minimum absolute atomic E-state index is 0.355. The Balaban J connectivity index is 1.91.